The monoisotopic (exact) mass is 487 g/mol. The third-order valence-electron chi connectivity index (χ3n) is 5.52. The van der Waals surface area contributed by atoms with Crippen LogP contribution < -0.4 is 5.32 Å². The van der Waals surface area contributed by atoms with Gasteiger partial charge >= 0.3 is 0 Å². The lowest BCUT2D eigenvalue weighted by molar-refractivity contribution is 0.145. The minimum absolute atomic E-state index is 0.248. The van der Waals surface area contributed by atoms with E-state index >= 15 is 0 Å². The number of nitriles is 1. The van der Waals surface area contributed by atoms with E-state index in [1.807, 2.05) is 12.1 Å². The van der Waals surface area contributed by atoms with Crippen molar-refractivity contribution < 1.29 is 13.9 Å². The van der Waals surface area contributed by atoms with E-state index in [9.17, 15) is 19.1 Å². The number of imidazole rings is 1. The maximum Gasteiger partial charge on any atom is 0.282 e. The molecule has 1 unspecified atom stereocenters. The minimum Gasteiger partial charge on any atom is -0.389 e. The predicted molar refractivity (Wildman–Crippen MR) is 126 cm³/mol. The Morgan fingerprint density at radius 2 is 1.92 bits per heavy atom. The molecule has 0 amide bonds. The summed E-state index contributed by atoms with van der Waals surface area (Å²) in [5.41, 5.74) is 3.19. The van der Waals surface area contributed by atoms with Gasteiger partial charge in [-0.05, 0) is 62.4 Å². The van der Waals surface area contributed by atoms with Crippen LogP contribution in [0, 0.1) is 18.3 Å². The lowest BCUT2D eigenvalue weighted by Crippen LogP contribution is -2.10. The molecule has 0 saturated heterocycles. The van der Waals surface area contributed by atoms with E-state index in [4.69, 9.17) is 4.98 Å². The summed E-state index contributed by atoms with van der Waals surface area (Å²) >= 11 is 0. The van der Waals surface area contributed by atoms with Crippen molar-refractivity contribution in [3.8, 4) is 17.7 Å². The van der Waals surface area contributed by atoms with E-state index in [1.165, 1.54) is 16.8 Å². The summed E-state index contributed by atoms with van der Waals surface area (Å²) in [6.07, 6.45) is -1.86. The summed E-state index contributed by atoms with van der Waals surface area (Å²) in [6.45, 7) is 3.44. The van der Waals surface area contributed by atoms with Gasteiger partial charge in [-0.15, -0.1) is 10.2 Å². The van der Waals surface area contributed by atoms with Crippen LogP contribution in [-0.2, 0) is 0 Å². The van der Waals surface area contributed by atoms with Gasteiger partial charge in [-0.25, -0.2) is 23.4 Å². The van der Waals surface area contributed by atoms with Crippen LogP contribution in [-0.4, -0.2) is 39.6 Å². The number of aromatic nitrogens is 7. The molecule has 180 valence electrons. The highest BCUT2D eigenvalue weighted by atomic mass is 19.3. The van der Waals surface area contributed by atoms with E-state index in [-0.39, 0.29) is 5.69 Å². The van der Waals surface area contributed by atoms with E-state index in [1.54, 1.807) is 55.1 Å². The Balaban J connectivity index is 1.50. The van der Waals surface area contributed by atoms with Gasteiger partial charge in [0.15, 0.2) is 17.3 Å². The maximum absolute atomic E-state index is 12.7. The molecule has 0 spiro atoms. The topological polar surface area (TPSA) is 130 Å². The van der Waals surface area contributed by atoms with Gasteiger partial charge in [-0.2, -0.15) is 10.4 Å². The van der Waals surface area contributed by atoms with E-state index in [2.05, 4.69) is 25.6 Å². The SMILES string of the molecule is Cc1cc(C#N)nn1-c1nc(-n2cnc3cc(Nc4ccc(C(F)F)nn4)ccc32)ccc1C(C)O. The van der Waals surface area contributed by atoms with Gasteiger partial charge in [0, 0.05) is 16.9 Å². The molecule has 36 heavy (non-hydrogen) atoms. The first-order chi connectivity index (χ1) is 17.3. The first-order valence-corrected chi connectivity index (χ1v) is 10.9. The second-order valence-electron chi connectivity index (χ2n) is 8.04. The number of pyridine rings is 1. The van der Waals surface area contributed by atoms with Crippen LogP contribution in [0.2, 0.25) is 0 Å². The molecule has 0 aliphatic heterocycles. The van der Waals surface area contributed by atoms with Crippen LogP contribution in [0.15, 0.2) is 54.9 Å². The first-order valence-electron chi connectivity index (χ1n) is 10.9. The highest BCUT2D eigenvalue weighted by Gasteiger charge is 2.18. The average molecular weight is 487 g/mol. The van der Waals surface area contributed by atoms with Gasteiger partial charge in [-0.3, -0.25) is 4.57 Å². The molecule has 1 aromatic carbocycles. The molecule has 12 heteroatoms. The van der Waals surface area contributed by atoms with E-state index in [0.29, 0.717) is 39.9 Å². The van der Waals surface area contributed by atoms with Crippen molar-refractivity contribution in [3.05, 3.63) is 77.5 Å². The highest BCUT2D eigenvalue weighted by Crippen LogP contribution is 2.27. The largest absolute Gasteiger partial charge is 0.389 e. The van der Waals surface area contributed by atoms with Gasteiger partial charge in [-0.1, -0.05) is 0 Å². The Hall–Kier alpha value is -4.76. The summed E-state index contributed by atoms with van der Waals surface area (Å²) in [5.74, 6) is 1.27. The number of rotatable bonds is 6. The second kappa shape index (κ2) is 9.12. The number of fused-ring (bicyclic) bond motifs is 1. The van der Waals surface area contributed by atoms with Gasteiger partial charge < -0.3 is 10.4 Å². The van der Waals surface area contributed by atoms with Crippen molar-refractivity contribution in [1.82, 2.24) is 34.5 Å². The highest BCUT2D eigenvalue weighted by molar-refractivity contribution is 5.82. The number of nitrogens with one attached hydrogen (secondary N) is 1. The molecule has 0 aliphatic rings. The number of anilines is 2. The zero-order chi connectivity index (χ0) is 25.4. The number of aliphatic hydroxyl groups excluding tert-OH is 1. The lowest BCUT2D eigenvalue weighted by atomic mass is 10.1. The number of halogens is 2. The number of aryl methyl sites for hydroxylation is 1. The molecule has 0 saturated carbocycles. The number of benzene rings is 1. The van der Waals surface area contributed by atoms with Crippen molar-refractivity contribution in [2.75, 3.05) is 5.32 Å². The van der Waals surface area contributed by atoms with E-state index < -0.39 is 18.2 Å². The number of aliphatic hydroxyl groups is 1. The minimum atomic E-state index is -2.68. The maximum atomic E-state index is 12.7. The lowest BCUT2D eigenvalue weighted by Gasteiger charge is -2.14. The molecular weight excluding hydrogens is 468 g/mol. The standard InChI is InChI=1S/C24H19F2N9O/c1-13-9-16(11-27)33-35(13)24-17(14(2)36)4-8-22(30-24)34-12-28-19-10-15(3-6-20(19)34)29-21-7-5-18(23(25)26)31-32-21/h3-10,12,14,23,36H,1-2H3,(H,29,32). The summed E-state index contributed by atoms with van der Waals surface area (Å²) in [7, 11) is 0. The smallest absolute Gasteiger partial charge is 0.282 e. The number of hydrogen-bond acceptors (Lipinski definition) is 8. The molecule has 4 aromatic heterocycles. The second-order valence-corrected chi connectivity index (χ2v) is 8.04. The predicted octanol–water partition coefficient (Wildman–Crippen LogP) is 4.31. The molecule has 4 heterocycles. The Labute approximate surface area is 203 Å². The fourth-order valence-electron chi connectivity index (χ4n) is 3.77. The van der Waals surface area contributed by atoms with Crippen LogP contribution in [0.1, 0.15) is 42.1 Å². The van der Waals surface area contributed by atoms with Crippen molar-refractivity contribution in [3.63, 3.8) is 0 Å². The summed E-state index contributed by atoms with van der Waals surface area (Å²) < 4.78 is 28.7. The van der Waals surface area contributed by atoms with Crippen LogP contribution in [0.4, 0.5) is 20.3 Å². The number of alkyl halides is 2. The Morgan fingerprint density at radius 1 is 1.08 bits per heavy atom. The Kier molecular flexibility index (Phi) is 5.83. The van der Waals surface area contributed by atoms with Gasteiger partial charge in [0.25, 0.3) is 6.43 Å². The molecule has 0 fully saturated rings. The fourth-order valence-corrected chi connectivity index (χ4v) is 3.77. The summed E-state index contributed by atoms with van der Waals surface area (Å²) in [5, 5.41) is 34.1. The number of nitrogens with zero attached hydrogens (tertiary/aromatic N) is 8. The molecule has 0 aliphatic carbocycles. The van der Waals surface area contributed by atoms with Crippen LogP contribution in [0.25, 0.3) is 22.7 Å². The van der Waals surface area contributed by atoms with Crippen molar-refractivity contribution in [2.24, 2.45) is 0 Å². The Bertz CT molecular complexity index is 1600. The molecule has 1 atom stereocenters. The third kappa shape index (κ3) is 4.23. The van der Waals surface area contributed by atoms with Gasteiger partial charge in [0.1, 0.15) is 23.9 Å². The van der Waals surface area contributed by atoms with Crippen molar-refractivity contribution in [2.45, 2.75) is 26.4 Å². The Morgan fingerprint density at radius 3 is 2.58 bits per heavy atom. The molecule has 5 aromatic rings. The average Bonchev–Trinajstić information content (AvgIpc) is 3.46. The zero-order valence-corrected chi connectivity index (χ0v) is 19.1. The van der Waals surface area contributed by atoms with Crippen LogP contribution in [0.5, 0.6) is 0 Å². The molecule has 0 radical (unpaired) electrons. The summed E-state index contributed by atoms with van der Waals surface area (Å²) in [6, 6.07) is 15.3. The van der Waals surface area contributed by atoms with Crippen molar-refractivity contribution in [1.29, 1.82) is 5.26 Å². The van der Waals surface area contributed by atoms with E-state index in [0.717, 1.165) is 5.52 Å². The molecule has 0 bridgehead atoms. The van der Waals surface area contributed by atoms with Crippen molar-refractivity contribution >= 4 is 22.5 Å². The van der Waals surface area contributed by atoms with Gasteiger partial charge in [0.2, 0.25) is 0 Å². The molecular formula is C24H19F2N9O. The molecule has 2 N–H and O–H groups in total. The molecule has 10 nitrogen and oxygen atoms in total. The number of hydrogen-bond donors (Lipinski definition) is 2. The zero-order valence-electron chi connectivity index (χ0n) is 19.1. The molecule has 5 rings (SSSR count). The van der Waals surface area contributed by atoms with Crippen LogP contribution >= 0.6 is 0 Å². The quantitative estimate of drug-likeness (QED) is 0.362. The normalized spacial score (nSPS) is 12.1. The van der Waals surface area contributed by atoms with Crippen LogP contribution in [0.3, 0.4) is 0 Å². The van der Waals surface area contributed by atoms with Gasteiger partial charge in [0.05, 0.1) is 17.1 Å². The first kappa shape index (κ1) is 23.0. The third-order valence-corrected chi connectivity index (χ3v) is 5.52. The summed E-state index contributed by atoms with van der Waals surface area (Å²) in [4.78, 5) is 9.20. The fraction of sp³-hybridized carbons (Fsp3) is 0.167.